The fraction of sp³-hybridized carbons (Fsp3) is 0. The van der Waals surface area contributed by atoms with Crippen LogP contribution in [-0.4, -0.2) is 9.13 Å². The molecule has 204 valence electrons. The third kappa shape index (κ3) is 3.14. The molecule has 0 spiro atoms. The molecular formula is C42H26N2. The molecule has 2 aromatic heterocycles. The zero-order chi connectivity index (χ0) is 28.8. The van der Waals surface area contributed by atoms with E-state index in [-0.39, 0.29) is 0 Å². The third-order valence-electron chi connectivity index (χ3n) is 9.42. The maximum atomic E-state index is 2.49. The van der Waals surface area contributed by atoms with Crippen LogP contribution in [0.15, 0.2) is 158 Å². The molecule has 10 aromatic rings. The minimum absolute atomic E-state index is 1.18. The zero-order valence-corrected chi connectivity index (χ0v) is 23.9. The standard InChI is InChI=1S/C42H26N2/c1-3-13-29-25-31(23-21-27(29)11-1)43-37-19-9-7-17-35(37)39-40-36-18-8-10-20-38(36)44(32-24-22-28-12-2-4-14-30(28)26-32)42(40)34-16-6-5-15-33(34)41(39)43/h1-26H. The van der Waals surface area contributed by atoms with Crippen molar-refractivity contribution < 1.29 is 0 Å². The fourth-order valence-electron chi connectivity index (χ4n) is 7.56. The Kier molecular flexibility index (Phi) is 4.75. The quantitative estimate of drug-likeness (QED) is 0.200. The predicted octanol–water partition coefficient (Wildman–Crippen LogP) is 11.3. The topological polar surface area (TPSA) is 9.86 Å². The van der Waals surface area contributed by atoms with Gasteiger partial charge < -0.3 is 9.13 Å². The van der Waals surface area contributed by atoms with Crippen molar-refractivity contribution in [2.75, 3.05) is 0 Å². The Hall–Kier alpha value is -5.86. The summed E-state index contributed by atoms with van der Waals surface area (Å²) in [7, 11) is 0. The summed E-state index contributed by atoms with van der Waals surface area (Å²) < 4.78 is 4.97. The van der Waals surface area contributed by atoms with Crippen molar-refractivity contribution in [1.29, 1.82) is 0 Å². The van der Waals surface area contributed by atoms with Crippen molar-refractivity contribution in [2.24, 2.45) is 0 Å². The van der Waals surface area contributed by atoms with Crippen molar-refractivity contribution in [3.8, 4) is 11.4 Å². The minimum atomic E-state index is 1.18. The maximum Gasteiger partial charge on any atom is 0.0627 e. The number of hydrogen-bond acceptors (Lipinski definition) is 0. The van der Waals surface area contributed by atoms with Crippen LogP contribution in [0.2, 0.25) is 0 Å². The van der Waals surface area contributed by atoms with Crippen LogP contribution in [0.3, 0.4) is 0 Å². The molecule has 0 N–H and O–H groups in total. The van der Waals surface area contributed by atoms with E-state index in [0.29, 0.717) is 0 Å². The van der Waals surface area contributed by atoms with Gasteiger partial charge in [-0.2, -0.15) is 0 Å². The molecule has 0 amide bonds. The van der Waals surface area contributed by atoms with Gasteiger partial charge in [-0.05, 0) is 57.9 Å². The van der Waals surface area contributed by atoms with Gasteiger partial charge in [-0.15, -0.1) is 0 Å². The molecule has 0 aliphatic rings. The van der Waals surface area contributed by atoms with E-state index in [9.17, 15) is 0 Å². The molecule has 8 aromatic carbocycles. The molecule has 44 heavy (non-hydrogen) atoms. The highest BCUT2D eigenvalue weighted by molar-refractivity contribution is 6.37. The summed E-state index contributed by atoms with van der Waals surface area (Å²) in [6.07, 6.45) is 0. The van der Waals surface area contributed by atoms with Crippen LogP contribution < -0.4 is 0 Å². The molecule has 2 heteroatoms. The number of fused-ring (bicyclic) bond motifs is 12. The van der Waals surface area contributed by atoms with E-state index < -0.39 is 0 Å². The van der Waals surface area contributed by atoms with Crippen LogP contribution in [0.1, 0.15) is 0 Å². The number of hydrogen-bond donors (Lipinski definition) is 0. The van der Waals surface area contributed by atoms with Crippen molar-refractivity contribution in [1.82, 2.24) is 9.13 Å². The van der Waals surface area contributed by atoms with Crippen molar-refractivity contribution in [3.05, 3.63) is 158 Å². The van der Waals surface area contributed by atoms with Crippen molar-refractivity contribution in [2.45, 2.75) is 0 Å². The van der Waals surface area contributed by atoms with E-state index in [2.05, 4.69) is 167 Å². The molecule has 0 saturated carbocycles. The molecule has 0 atom stereocenters. The summed E-state index contributed by atoms with van der Waals surface area (Å²) in [6, 6.07) is 57.7. The lowest BCUT2D eigenvalue weighted by molar-refractivity contribution is 1.19. The second kappa shape index (κ2) is 8.82. The van der Waals surface area contributed by atoms with Gasteiger partial charge in [0.25, 0.3) is 0 Å². The average molecular weight is 559 g/mol. The third-order valence-corrected chi connectivity index (χ3v) is 9.42. The highest BCUT2D eigenvalue weighted by Crippen LogP contribution is 2.47. The van der Waals surface area contributed by atoms with E-state index in [1.807, 2.05) is 0 Å². The van der Waals surface area contributed by atoms with Crippen molar-refractivity contribution >= 4 is 75.9 Å². The molecule has 2 nitrogen and oxygen atoms in total. The van der Waals surface area contributed by atoms with Gasteiger partial charge >= 0.3 is 0 Å². The van der Waals surface area contributed by atoms with E-state index in [1.54, 1.807) is 0 Å². The highest BCUT2D eigenvalue weighted by Gasteiger charge is 2.24. The Labute approximate surface area is 253 Å². The summed E-state index contributed by atoms with van der Waals surface area (Å²) in [5.74, 6) is 0. The van der Waals surface area contributed by atoms with Gasteiger partial charge in [-0.3, -0.25) is 0 Å². The molecule has 0 saturated heterocycles. The summed E-state index contributed by atoms with van der Waals surface area (Å²) >= 11 is 0. The van der Waals surface area contributed by atoms with E-state index in [1.165, 1.54) is 87.3 Å². The molecule has 0 bridgehead atoms. The van der Waals surface area contributed by atoms with Crippen LogP contribution in [0.4, 0.5) is 0 Å². The number of rotatable bonds is 2. The maximum absolute atomic E-state index is 2.49. The van der Waals surface area contributed by atoms with Crippen molar-refractivity contribution in [3.63, 3.8) is 0 Å². The molecule has 2 heterocycles. The molecule has 0 radical (unpaired) electrons. The number of nitrogens with zero attached hydrogens (tertiary/aromatic N) is 2. The smallest absolute Gasteiger partial charge is 0.0627 e. The SMILES string of the molecule is c1ccc2cc(-n3c4ccccc4c4c5c6ccccc6n(-c6ccc7ccccc7c6)c5c5ccccc5c43)ccc2c1. The lowest BCUT2D eigenvalue weighted by atomic mass is 9.99. The van der Waals surface area contributed by atoms with Gasteiger partial charge in [0.1, 0.15) is 0 Å². The monoisotopic (exact) mass is 558 g/mol. The second-order valence-corrected chi connectivity index (χ2v) is 11.8. The molecule has 0 aliphatic heterocycles. The molecule has 0 unspecified atom stereocenters. The normalized spacial score (nSPS) is 12.1. The Morgan fingerprint density at radius 3 is 1.11 bits per heavy atom. The Bertz CT molecular complexity index is 2580. The Balaban J connectivity index is 1.46. The molecule has 0 aliphatic carbocycles. The first-order valence-electron chi connectivity index (χ1n) is 15.2. The van der Waals surface area contributed by atoms with Crippen LogP contribution in [0.5, 0.6) is 0 Å². The number of benzene rings is 8. The van der Waals surface area contributed by atoms with E-state index in [0.717, 1.165) is 0 Å². The largest absolute Gasteiger partial charge is 0.309 e. The minimum Gasteiger partial charge on any atom is -0.309 e. The number of aromatic nitrogens is 2. The van der Waals surface area contributed by atoms with E-state index >= 15 is 0 Å². The lowest BCUT2D eigenvalue weighted by Gasteiger charge is -2.14. The average Bonchev–Trinajstić information content (AvgIpc) is 3.62. The zero-order valence-electron chi connectivity index (χ0n) is 23.9. The first-order chi connectivity index (χ1) is 21.8. The summed E-state index contributed by atoms with van der Waals surface area (Å²) in [5, 5.41) is 12.7. The fourth-order valence-corrected chi connectivity index (χ4v) is 7.56. The molecular weight excluding hydrogens is 532 g/mol. The summed E-state index contributed by atoms with van der Waals surface area (Å²) in [5.41, 5.74) is 7.31. The van der Waals surface area contributed by atoms with E-state index in [4.69, 9.17) is 0 Å². The predicted molar refractivity (Wildman–Crippen MR) is 188 cm³/mol. The second-order valence-electron chi connectivity index (χ2n) is 11.8. The van der Waals surface area contributed by atoms with Gasteiger partial charge in [0.05, 0.1) is 22.1 Å². The Morgan fingerprint density at radius 1 is 0.295 bits per heavy atom. The first-order valence-corrected chi connectivity index (χ1v) is 15.2. The van der Waals surface area contributed by atoms with Crippen LogP contribution in [-0.2, 0) is 0 Å². The number of para-hydroxylation sites is 2. The van der Waals surface area contributed by atoms with Gasteiger partial charge in [0, 0.05) is 43.7 Å². The Morgan fingerprint density at radius 2 is 0.659 bits per heavy atom. The van der Waals surface area contributed by atoms with Gasteiger partial charge in [0.15, 0.2) is 0 Å². The molecule has 0 fully saturated rings. The summed E-state index contributed by atoms with van der Waals surface area (Å²) in [4.78, 5) is 0. The van der Waals surface area contributed by atoms with Crippen LogP contribution >= 0.6 is 0 Å². The summed E-state index contributed by atoms with van der Waals surface area (Å²) in [6.45, 7) is 0. The van der Waals surface area contributed by atoms with Crippen LogP contribution in [0.25, 0.3) is 87.3 Å². The van der Waals surface area contributed by atoms with Gasteiger partial charge in [-0.1, -0.05) is 121 Å². The first kappa shape index (κ1) is 23.7. The van der Waals surface area contributed by atoms with Gasteiger partial charge in [0.2, 0.25) is 0 Å². The van der Waals surface area contributed by atoms with Crippen LogP contribution in [0, 0.1) is 0 Å². The molecule has 10 rings (SSSR count). The van der Waals surface area contributed by atoms with Gasteiger partial charge in [-0.25, -0.2) is 0 Å². The highest BCUT2D eigenvalue weighted by atomic mass is 15.0. The lowest BCUT2D eigenvalue weighted by Crippen LogP contribution is -1.97.